The van der Waals surface area contributed by atoms with Gasteiger partial charge in [-0.1, -0.05) is 54.1 Å². The molecule has 0 aliphatic heterocycles. The Morgan fingerprint density at radius 3 is 2.54 bits per heavy atom. The lowest BCUT2D eigenvalue weighted by Crippen LogP contribution is -2.08. The Balaban J connectivity index is 1.96. The number of rotatable bonds is 4. The number of fused-ring (bicyclic) bond motifs is 1. The highest BCUT2D eigenvalue weighted by Gasteiger charge is 2.18. The summed E-state index contributed by atoms with van der Waals surface area (Å²) < 4.78 is 6.86. The number of hydrogen-bond acceptors (Lipinski definition) is 5. The maximum absolute atomic E-state index is 6.45. The van der Waals surface area contributed by atoms with E-state index in [0.29, 0.717) is 34.7 Å². The Bertz CT molecular complexity index is 1080. The quantitative estimate of drug-likeness (QED) is 0.594. The Kier molecular flexibility index (Phi) is 4.28. The van der Waals surface area contributed by atoms with Crippen LogP contribution in [0.4, 0.5) is 5.82 Å². The number of methoxy groups -OCH3 is 1. The molecule has 26 heavy (non-hydrogen) atoms. The molecular formula is C19H16ClN5O. The van der Waals surface area contributed by atoms with Crippen LogP contribution in [0, 0.1) is 0 Å². The molecule has 0 saturated heterocycles. The van der Waals surface area contributed by atoms with E-state index in [1.807, 2.05) is 54.6 Å². The summed E-state index contributed by atoms with van der Waals surface area (Å²) in [4.78, 5) is 9.14. The van der Waals surface area contributed by atoms with Gasteiger partial charge in [-0.25, -0.2) is 4.98 Å². The number of aromatic nitrogens is 4. The molecule has 0 fully saturated rings. The van der Waals surface area contributed by atoms with Crippen molar-refractivity contribution in [2.45, 2.75) is 6.61 Å². The first-order valence-electron chi connectivity index (χ1n) is 8.03. The lowest BCUT2D eigenvalue weighted by Gasteiger charge is -2.12. The standard InChI is InChI=1S/C19H16ClN5O/c1-26-11-15-16(13-8-5-9-14(20)10-13)17(21)25-19(22-15)23-18(24-25)12-6-3-2-4-7-12/h2-10H,11,21H2,1H3. The van der Waals surface area contributed by atoms with Crippen molar-refractivity contribution in [3.05, 3.63) is 65.3 Å². The van der Waals surface area contributed by atoms with Gasteiger partial charge in [0.05, 0.1) is 12.3 Å². The predicted octanol–water partition coefficient (Wildman–Crippen LogP) is 3.84. The summed E-state index contributed by atoms with van der Waals surface area (Å²) in [5.74, 6) is 1.44. The summed E-state index contributed by atoms with van der Waals surface area (Å²) in [5.41, 5.74) is 9.63. The van der Waals surface area contributed by atoms with Gasteiger partial charge in [-0.05, 0) is 17.7 Å². The van der Waals surface area contributed by atoms with Crippen LogP contribution in [0.15, 0.2) is 54.6 Å². The van der Waals surface area contributed by atoms with Crippen LogP contribution in [0.3, 0.4) is 0 Å². The molecule has 2 aromatic heterocycles. The molecule has 0 aliphatic rings. The van der Waals surface area contributed by atoms with Gasteiger partial charge < -0.3 is 10.5 Å². The summed E-state index contributed by atoms with van der Waals surface area (Å²) in [6.07, 6.45) is 0. The second-order valence-corrected chi connectivity index (χ2v) is 6.21. The van der Waals surface area contributed by atoms with Gasteiger partial charge >= 0.3 is 0 Å². The lowest BCUT2D eigenvalue weighted by atomic mass is 10.0. The second-order valence-electron chi connectivity index (χ2n) is 5.78. The van der Waals surface area contributed by atoms with Crippen molar-refractivity contribution in [2.75, 3.05) is 12.8 Å². The van der Waals surface area contributed by atoms with E-state index in [2.05, 4.69) is 15.1 Å². The number of anilines is 1. The van der Waals surface area contributed by atoms with Crippen molar-refractivity contribution < 1.29 is 4.74 Å². The minimum atomic E-state index is 0.302. The van der Waals surface area contributed by atoms with Gasteiger partial charge in [0.15, 0.2) is 5.82 Å². The number of ether oxygens (including phenoxy) is 1. The van der Waals surface area contributed by atoms with E-state index < -0.39 is 0 Å². The predicted molar refractivity (Wildman–Crippen MR) is 102 cm³/mol. The normalized spacial score (nSPS) is 11.2. The monoisotopic (exact) mass is 365 g/mol. The van der Waals surface area contributed by atoms with Crippen molar-refractivity contribution >= 4 is 23.2 Å². The van der Waals surface area contributed by atoms with Crippen molar-refractivity contribution in [1.29, 1.82) is 0 Å². The first-order valence-corrected chi connectivity index (χ1v) is 8.40. The summed E-state index contributed by atoms with van der Waals surface area (Å²) in [7, 11) is 1.61. The first-order chi connectivity index (χ1) is 12.7. The molecule has 0 unspecified atom stereocenters. The average Bonchev–Trinajstić information content (AvgIpc) is 3.07. The van der Waals surface area contributed by atoms with Gasteiger partial charge in [0, 0.05) is 23.3 Å². The third-order valence-electron chi connectivity index (χ3n) is 4.02. The van der Waals surface area contributed by atoms with E-state index in [1.165, 1.54) is 0 Å². The van der Waals surface area contributed by atoms with Gasteiger partial charge in [0.1, 0.15) is 5.82 Å². The number of hydrogen-bond donors (Lipinski definition) is 1. The van der Waals surface area contributed by atoms with E-state index in [0.717, 1.165) is 16.7 Å². The Morgan fingerprint density at radius 1 is 1.04 bits per heavy atom. The van der Waals surface area contributed by atoms with Gasteiger partial charge in [0.25, 0.3) is 5.78 Å². The molecule has 0 amide bonds. The van der Waals surface area contributed by atoms with E-state index in [1.54, 1.807) is 11.6 Å². The molecule has 4 aromatic rings. The fourth-order valence-electron chi connectivity index (χ4n) is 2.88. The highest BCUT2D eigenvalue weighted by molar-refractivity contribution is 6.30. The molecule has 2 heterocycles. The second kappa shape index (κ2) is 6.74. The van der Waals surface area contributed by atoms with Crippen molar-refractivity contribution in [3.8, 4) is 22.5 Å². The van der Waals surface area contributed by atoms with Gasteiger partial charge in [0.2, 0.25) is 0 Å². The lowest BCUT2D eigenvalue weighted by molar-refractivity contribution is 0.182. The van der Waals surface area contributed by atoms with Crippen LogP contribution in [-0.2, 0) is 11.3 Å². The molecule has 2 N–H and O–H groups in total. The minimum absolute atomic E-state index is 0.302. The molecule has 0 atom stereocenters. The zero-order valence-corrected chi connectivity index (χ0v) is 14.8. The molecule has 7 heteroatoms. The van der Waals surface area contributed by atoms with Crippen LogP contribution >= 0.6 is 11.6 Å². The summed E-state index contributed by atoms with van der Waals surface area (Å²) >= 11 is 6.15. The van der Waals surface area contributed by atoms with Crippen LogP contribution in [-0.4, -0.2) is 26.7 Å². The fraction of sp³-hybridized carbons (Fsp3) is 0.105. The van der Waals surface area contributed by atoms with Crippen LogP contribution < -0.4 is 5.73 Å². The van der Waals surface area contributed by atoms with Crippen LogP contribution in [0.25, 0.3) is 28.3 Å². The Hall–Kier alpha value is -2.96. The number of nitrogens with two attached hydrogens (primary N) is 1. The van der Waals surface area contributed by atoms with Crippen LogP contribution in [0.1, 0.15) is 5.69 Å². The maximum atomic E-state index is 6.45. The molecule has 4 rings (SSSR count). The fourth-order valence-corrected chi connectivity index (χ4v) is 3.07. The summed E-state index contributed by atoms with van der Waals surface area (Å²) in [5, 5.41) is 5.16. The molecule has 6 nitrogen and oxygen atoms in total. The number of halogens is 1. The molecule has 2 aromatic carbocycles. The van der Waals surface area contributed by atoms with E-state index >= 15 is 0 Å². The molecule has 0 radical (unpaired) electrons. The minimum Gasteiger partial charge on any atom is -0.383 e. The Labute approximate surface area is 155 Å². The largest absolute Gasteiger partial charge is 0.383 e. The van der Waals surface area contributed by atoms with E-state index in [9.17, 15) is 0 Å². The number of nitrogen functional groups attached to an aromatic ring is 1. The van der Waals surface area contributed by atoms with Gasteiger partial charge in [-0.15, -0.1) is 5.10 Å². The average molecular weight is 366 g/mol. The smallest absolute Gasteiger partial charge is 0.255 e. The van der Waals surface area contributed by atoms with E-state index in [4.69, 9.17) is 22.1 Å². The zero-order valence-electron chi connectivity index (χ0n) is 14.1. The van der Waals surface area contributed by atoms with Crippen LogP contribution in [0.5, 0.6) is 0 Å². The highest BCUT2D eigenvalue weighted by Crippen LogP contribution is 2.32. The summed E-state index contributed by atoms with van der Waals surface area (Å²) in [6.45, 7) is 0.302. The van der Waals surface area contributed by atoms with Crippen molar-refractivity contribution in [3.63, 3.8) is 0 Å². The first kappa shape index (κ1) is 16.5. The topological polar surface area (TPSA) is 78.3 Å². The zero-order chi connectivity index (χ0) is 18.1. The maximum Gasteiger partial charge on any atom is 0.255 e. The van der Waals surface area contributed by atoms with Gasteiger partial charge in [-0.2, -0.15) is 9.50 Å². The third-order valence-corrected chi connectivity index (χ3v) is 4.26. The third kappa shape index (κ3) is 2.89. The molecule has 0 aliphatic carbocycles. The number of nitrogens with zero attached hydrogens (tertiary/aromatic N) is 4. The van der Waals surface area contributed by atoms with E-state index in [-0.39, 0.29) is 0 Å². The molecular weight excluding hydrogens is 350 g/mol. The van der Waals surface area contributed by atoms with Crippen molar-refractivity contribution in [2.24, 2.45) is 0 Å². The highest BCUT2D eigenvalue weighted by atomic mass is 35.5. The molecule has 0 bridgehead atoms. The molecule has 0 saturated carbocycles. The number of benzene rings is 2. The molecule has 130 valence electrons. The summed E-state index contributed by atoms with van der Waals surface area (Å²) in [6, 6.07) is 17.2. The van der Waals surface area contributed by atoms with Crippen molar-refractivity contribution in [1.82, 2.24) is 19.6 Å². The van der Waals surface area contributed by atoms with Gasteiger partial charge in [-0.3, -0.25) is 0 Å². The van der Waals surface area contributed by atoms with Crippen LogP contribution in [0.2, 0.25) is 5.02 Å². The SMILES string of the molecule is COCc1nc2nc(-c3ccccc3)nn2c(N)c1-c1cccc(Cl)c1. The molecule has 0 spiro atoms. The Morgan fingerprint density at radius 2 is 1.81 bits per heavy atom.